The molecule has 1 N–H and O–H groups in total. The number of carbonyl (C=O) groups is 1. The number of hydrogen-bond donors (Lipinski definition) is 1. The minimum atomic E-state index is -0.681. The first-order valence-electron chi connectivity index (χ1n) is 5.99. The lowest BCUT2D eigenvalue weighted by Gasteiger charge is -2.22. The monoisotopic (exact) mass is 377 g/mol. The second-order valence-corrected chi connectivity index (χ2v) is 7.31. The summed E-state index contributed by atoms with van der Waals surface area (Å²) in [6.45, 7) is 2.00. The van der Waals surface area contributed by atoms with Crippen molar-refractivity contribution in [1.29, 1.82) is 0 Å². The molecule has 18 heavy (non-hydrogen) atoms. The number of amides is 1. The van der Waals surface area contributed by atoms with Gasteiger partial charge in [-0.15, -0.1) is 0 Å². The van der Waals surface area contributed by atoms with Crippen LogP contribution < -0.4 is 5.32 Å². The molecule has 1 heterocycles. The van der Waals surface area contributed by atoms with E-state index in [2.05, 4.69) is 27.9 Å². The molecule has 1 fully saturated rings. The normalized spacial score (nSPS) is 23.7. The van der Waals surface area contributed by atoms with E-state index < -0.39 is 10.8 Å². The molecule has 1 aliphatic rings. The first kappa shape index (κ1) is 14.0. The minimum absolute atomic E-state index is 0.0132. The van der Waals surface area contributed by atoms with Crippen molar-refractivity contribution in [3.63, 3.8) is 0 Å². The number of aryl methyl sites for hydroxylation is 1. The fraction of sp³-hybridized carbons (Fsp3) is 0.462. The third-order valence-electron chi connectivity index (χ3n) is 3.16. The van der Waals surface area contributed by atoms with Gasteiger partial charge in [-0.05, 0) is 54.0 Å². The molecule has 0 unspecified atom stereocenters. The highest BCUT2D eigenvalue weighted by atomic mass is 127. The molecule has 1 saturated heterocycles. The molecule has 3 nitrogen and oxygen atoms in total. The molecule has 98 valence electrons. The van der Waals surface area contributed by atoms with Gasteiger partial charge in [0.1, 0.15) is 0 Å². The summed E-state index contributed by atoms with van der Waals surface area (Å²) in [5, 5.41) is 3.05. The van der Waals surface area contributed by atoms with Gasteiger partial charge in [-0.3, -0.25) is 9.00 Å². The Morgan fingerprint density at radius 3 is 2.72 bits per heavy atom. The van der Waals surface area contributed by atoms with Crippen LogP contribution in [0.3, 0.4) is 0 Å². The van der Waals surface area contributed by atoms with Crippen LogP contribution in [-0.4, -0.2) is 27.7 Å². The Morgan fingerprint density at radius 1 is 1.39 bits per heavy atom. The summed E-state index contributed by atoms with van der Waals surface area (Å²) in [5.74, 6) is 1.40. The molecule has 1 amide bonds. The molecule has 0 aromatic heterocycles. The molecular formula is C13H16INO2S. The second-order valence-electron chi connectivity index (χ2n) is 4.53. The summed E-state index contributed by atoms with van der Waals surface area (Å²) >= 11 is 2.21. The van der Waals surface area contributed by atoms with Gasteiger partial charge in [0.05, 0.1) is 5.56 Å². The Morgan fingerprint density at radius 2 is 2.06 bits per heavy atom. The van der Waals surface area contributed by atoms with Gasteiger partial charge < -0.3 is 5.32 Å². The third-order valence-corrected chi connectivity index (χ3v) is 5.97. The fourth-order valence-electron chi connectivity index (χ4n) is 2.02. The Bertz CT molecular complexity index is 480. The van der Waals surface area contributed by atoms with E-state index in [0.717, 1.165) is 27.5 Å². The highest BCUT2D eigenvalue weighted by molar-refractivity contribution is 14.1. The van der Waals surface area contributed by atoms with Crippen molar-refractivity contribution in [2.24, 2.45) is 0 Å². The zero-order valence-electron chi connectivity index (χ0n) is 10.2. The molecule has 0 spiro atoms. The molecule has 0 aliphatic carbocycles. The van der Waals surface area contributed by atoms with Crippen LogP contribution in [0.4, 0.5) is 0 Å². The zero-order chi connectivity index (χ0) is 13.1. The average molecular weight is 377 g/mol. The largest absolute Gasteiger partial charge is 0.349 e. The third kappa shape index (κ3) is 3.32. The van der Waals surface area contributed by atoms with Crippen molar-refractivity contribution in [2.75, 3.05) is 11.5 Å². The number of halogens is 1. The summed E-state index contributed by atoms with van der Waals surface area (Å²) < 4.78 is 12.3. The molecule has 1 aromatic rings. The molecule has 5 heteroatoms. The first-order chi connectivity index (χ1) is 8.58. The van der Waals surface area contributed by atoms with Crippen LogP contribution in [0.1, 0.15) is 28.8 Å². The van der Waals surface area contributed by atoms with Crippen molar-refractivity contribution in [1.82, 2.24) is 5.32 Å². The molecule has 0 radical (unpaired) electrons. The van der Waals surface area contributed by atoms with E-state index in [0.29, 0.717) is 11.5 Å². The van der Waals surface area contributed by atoms with E-state index in [9.17, 15) is 9.00 Å². The number of carbonyl (C=O) groups excluding carboxylic acids is 1. The lowest BCUT2D eigenvalue weighted by Crippen LogP contribution is -2.39. The van der Waals surface area contributed by atoms with Crippen LogP contribution in [0, 0.1) is 10.5 Å². The standard InChI is InChI=1S/C13H16INO2S/c1-9-3-2-4-11(12(9)14)13(16)15-10-5-7-18(17)8-6-10/h2-4,10H,5-8H2,1H3,(H,15,16). The van der Waals surface area contributed by atoms with E-state index in [4.69, 9.17) is 0 Å². The van der Waals surface area contributed by atoms with Gasteiger partial charge in [-0.25, -0.2) is 0 Å². The van der Waals surface area contributed by atoms with E-state index in [1.165, 1.54) is 0 Å². The lowest BCUT2D eigenvalue weighted by atomic mass is 10.1. The maximum Gasteiger partial charge on any atom is 0.252 e. The Balaban J connectivity index is 2.03. The van der Waals surface area contributed by atoms with Crippen LogP contribution in [0.25, 0.3) is 0 Å². The SMILES string of the molecule is Cc1cccc(C(=O)NC2CCS(=O)CC2)c1I. The van der Waals surface area contributed by atoms with Crippen LogP contribution >= 0.6 is 22.6 Å². The zero-order valence-corrected chi connectivity index (χ0v) is 13.2. The van der Waals surface area contributed by atoms with Crippen molar-refractivity contribution in [2.45, 2.75) is 25.8 Å². The van der Waals surface area contributed by atoms with Crippen LogP contribution in [0.5, 0.6) is 0 Å². The summed E-state index contributed by atoms with van der Waals surface area (Å²) in [4.78, 5) is 12.2. The molecule has 0 bridgehead atoms. The van der Waals surface area contributed by atoms with Gasteiger partial charge in [0.2, 0.25) is 0 Å². The predicted octanol–water partition coefficient (Wildman–Crippen LogP) is 2.24. The van der Waals surface area contributed by atoms with Crippen molar-refractivity contribution < 1.29 is 9.00 Å². The Labute approximate surface area is 123 Å². The van der Waals surface area contributed by atoms with Crippen molar-refractivity contribution >= 4 is 39.3 Å². The van der Waals surface area contributed by atoms with Gasteiger partial charge in [-0.2, -0.15) is 0 Å². The van der Waals surface area contributed by atoms with Crippen molar-refractivity contribution in [3.05, 3.63) is 32.9 Å². The highest BCUT2D eigenvalue weighted by Crippen LogP contribution is 2.17. The molecule has 2 rings (SSSR count). The van der Waals surface area contributed by atoms with Gasteiger partial charge in [0, 0.05) is 31.9 Å². The number of rotatable bonds is 2. The average Bonchev–Trinajstić information content (AvgIpc) is 2.35. The molecule has 1 aromatic carbocycles. The van der Waals surface area contributed by atoms with Crippen LogP contribution in [0.2, 0.25) is 0 Å². The van der Waals surface area contributed by atoms with Gasteiger partial charge in [-0.1, -0.05) is 12.1 Å². The number of nitrogens with one attached hydrogen (secondary N) is 1. The summed E-state index contributed by atoms with van der Waals surface area (Å²) in [7, 11) is -0.681. The Hall–Kier alpha value is -0.430. The smallest absolute Gasteiger partial charge is 0.252 e. The minimum Gasteiger partial charge on any atom is -0.349 e. The maximum atomic E-state index is 12.2. The topological polar surface area (TPSA) is 46.2 Å². The Kier molecular flexibility index (Phi) is 4.77. The number of hydrogen-bond acceptors (Lipinski definition) is 2. The molecule has 1 aliphatic heterocycles. The molecule has 0 atom stereocenters. The lowest BCUT2D eigenvalue weighted by molar-refractivity contribution is 0.0933. The van der Waals surface area contributed by atoms with E-state index >= 15 is 0 Å². The fourth-order valence-corrected chi connectivity index (χ4v) is 3.93. The van der Waals surface area contributed by atoms with Crippen LogP contribution in [0.15, 0.2) is 18.2 Å². The van der Waals surface area contributed by atoms with E-state index in [-0.39, 0.29) is 11.9 Å². The quantitative estimate of drug-likeness (QED) is 0.804. The van der Waals surface area contributed by atoms with Crippen molar-refractivity contribution in [3.8, 4) is 0 Å². The second kappa shape index (κ2) is 6.14. The van der Waals surface area contributed by atoms with E-state index in [1.54, 1.807) is 0 Å². The van der Waals surface area contributed by atoms with Gasteiger partial charge >= 0.3 is 0 Å². The van der Waals surface area contributed by atoms with Crippen LogP contribution in [-0.2, 0) is 10.8 Å². The molecular weight excluding hydrogens is 361 g/mol. The van der Waals surface area contributed by atoms with Gasteiger partial charge in [0.15, 0.2) is 0 Å². The maximum absolute atomic E-state index is 12.2. The van der Waals surface area contributed by atoms with E-state index in [1.807, 2.05) is 25.1 Å². The summed E-state index contributed by atoms with van der Waals surface area (Å²) in [5.41, 5.74) is 1.86. The van der Waals surface area contributed by atoms with Gasteiger partial charge in [0.25, 0.3) is 5.91 Å². The summed E-state index contributed by atoms with van der Waals surface area (Å²) in [6.07, 6.45) is 1.64. The summed E-state index contributed by atoms with van der Waals surface area (Å²) in [6, 6.07) is 5.93. The highest BCUT2D eigenvalue weighted by Gasteiger charge is 2.21. The predicted molar refractivity (Wildman–Crippen MR) is 82.3 cm³/mol. The first-order valence-corrected chi connectivity index (χ1v) is 8.55. The molecule has 0 saturated carbocycles. The number of benzene rings is 1.